The van der Waals surface area contributed by atoms with E-state index in [-0.39, 0.29) is 5.82 Å². The van der Waals surface area contributed by atoms with Gasteiger partial charge in [0.2, 0.25) is 0 Å². The molecule has 2 aromatic heterocycles. The molecule has 4 rings (SSSR count). The molecule has 27 heavy (non-hydrogen) atoms. The quantitative estimate of drug-likeness (QED) is 0.498. The second-order valence-electron chi connectivity index (χ2n) is 6.26. The highest BCUT2D eigenvalue weighted by molar-refractivity contribution is 5.86. The minimum atomic E-state index is -1.25. The van der Waals surface area contributed by atoms with E-state index in [0.717, 1.165) is 5.56 Å². The van der Waals surface area contributed by atoms with Crippen molar-refractivity contribution in [3.8, 4) is 0 Å². The summed E-state index contributed by atoms with van der Waals surface area (Å²) in [7, 11) is 0. The average Bonchev–Trinajstić information content (AvgIpc) is 3.23. The van der Waals surface area contributed by atoms with Crippen LogP contribution in [0.4, 0.5) is 10.2 Å². The highest BCUT2D eigenvalue weighted by atomic mass is 19.1. The Hall–Kier alpha value is -2.66. The molecule has 0 saturated carbocycles. The van der Waals surface area contributed by atoms with E-state index in [1.165, 1.54) is 29.3 Å². The van der Waals surface area contributed by atoms with Crippen LogP contribution in [0.1, 0.15) is 11.8 Å². The van der Waals surface area contributed by atoms with Crippen molar-refractivity contribution in [3.05, 3.63) is 48.2 Å². The normalized spacial score (nSPS) is 25.2. The number of aliphatic hydroxyl groups is 3. The molecule has 0 radical (unpaired) electrons. The number of nitrogens with one attached hydrogen (secondary N) is 1. The molecule has 0 amide bonds. The second-order valence-corrected chi connectivity index (χ2v) is 6.26. The van der Waals surface area contributed by atoms with Crippen LogP contribution in [0, 0.1) is 5.82 Å². The van der Waals surface area contributed by atoms with Crippen molar-refractivity contribution in [1.82, 2.24) is 19.7 Å². The first-order chi connectivity index (χ1) is 13.1. The Morgan fingerprint density at radius 1 is 1.15 bits per heavy atom. The molecule has 3 aromatic rings. The van der Waals surface area contributed by atoms with Gasteiger partial charge in [-0.25, -0.2) is 19.0 Å². The van der Waals surface area contributed by atoms with Crippen molar-refractivity contribution in [2.24, 2.45) is 0 Å². The molecule has 4 N–H and O–H groups in total. The number of rotatable bonds is 5. The largest absolute Gasteiger partial charge is 0.394 e. The number of hydrogen-bond acceptors (Lipinski definition) is 8. The molecular weight excluding hydrogens is 357 g/mol. The Kier molecular flexibility index (Phi) is 4.70. The van der Waals surface area contributed by atoms with Crippen LogP contribution in [0.5, 0.6) is 0 Å². The summed E-state index contributed by atoms with van der Waals surface area (Å²) in [5.74, 6) is 0.213. The van der Waals surface area contributed by atoms with Gasteiger partial charge in [0.25, 0.3) is 0 Å². The second kappa shape index (κ2) is 7.16. The third-order valence-electron chi connectivity index (χ3n) is 4.52. The average molecular weight is 375 g/mol. The number of halogens is 1. The van der Waals surface area contributed by atoms with Crippen molar-refractivity contribution in [2.45, 2.75) is 31.1 Å². The van der Waals surface area contributed by atoms with Crippen LogP contribution >= 0.6 is 0 Å². The molecule has 0 bridgehead atoms. The minimum absolute atomic E-state index is 0.303. The Morgan fingerprint density at radius 3 is 2.63 bits per heavy atom. The summed E-state index contributed by atoms with van der Waals surface area (Å²) < 4.78 is 19.9. The lowest BCUT2D eigenvalue weighted by atomic mass is 10.1. The Balaban J connectivity index is 1.59. The van der Waals surface area contributed by atoms with E-state index in [9.17, 15) is 19.7 Å². The highest BCUT2D eigenvalue weighted by Crippen LogP contribution is 2.31. The van der Waals surface area contributed by atoms with Crippen LogP contribution in [-0.4, -0.2) is 60.0 Å². The van der Waals surface area contributed by atoms with E-state index in [1.807, 2.05) is 0 Å². The molecule has 1 aliphatic rings. The van der Waals surface area contributed by atoms with Crippen LogP contribution in [0.3, 0.4) is 0 Å². The fourth-order valence-corrected chi connectivity index (χ4v) is 3.06. The lowest BCUT2D eigenvalue weighted by Crippen LogP contribution is -2.33. The maximum absolute atomic E-state index is 13.0. The zero-order valence-electron chi connectivity index (χ0n) is 14.1. The molecular formula is C17H18FN5O4. The molecule has 1 aromatic carbocycles. The lowest BCUT2D eigenvalue weighted by Gasteiger charge is -2.15. The topological polar surface area (TPSA) is 126 Å². The zero-order chi connectivity index (χ0) is 19.0. The van der Waals surface area contributed by atoms with Crippen molar-refractivity contribution in [3.63, 3.8) is 0 Å². The van der Waals surface area contributed by atoms with Crippen LogP contribution in [0.15, 0.2) is 36.8 Å². The summed E-state index contributed by atoms with van der Waals surface area (Å²) in [5, 5.41) is 37.3. The van der Waals surface area contributed by atoms with Crippen LogP contribution in [0.2, 0.25) is 0 Å². The third-order valence-corrected chi connectivity index (χ3v) is 4.52. The fourth-order valence-electron chi connectivity index (χ4n) is 3.06. The lowest BCUT2D eigenvalue weighted by molar-refractivity contribution is -0.0566. The van der Waals surface area contributed by atoms with Crippen LogP contribution in [-0.2, 0) is 11.3 Å². The van der Waals surface area contributed by atoms with Gasteiger partial charge in [0, 0.05) is 6.54 Å². The number of aliphatic hydroxyl groups excluding tert-OH is 3. The van der Waals surface area contributed by atoms with Crippen molar-refractivity contribution in [2.75, 3.05) is 11.9 Å². The summed E-state index contributed by atoms with van der Waals surface area (Å²) in [4.78, 5) is 8.39. The van der Waals surface area contributed by atoms with Crippen LogP contribution < -0.4 is 5.32 Å². The monoisotopic (exact) mass is 375 g/mol. The molecule has 0 aliphatic carbocycles. The van der Waals surface area contributed by atoms with E-state index in [0.29, 0.717) is 23.4 Å². The van der Waals surface area contributed by atoms with Gasteiger partial charge < -0.3 is 25.4 Å². The van der Waals surface area contributed by atoms with Gasteiger partial charge >= 0.3 is 0 Å². The van der Waals surface area contributed by atoms with E-state index < -0.39 is 31.1 Å². The molecule has 1 fully saturated rings. The molecule has 4 unspecified atom stereocenters. The minimum Gasteiger partial charge on any atom is -0.394 e. The number of fused-ring (bicyclic) bond motifs is 1. The van der Waals surface area contributed by atoms with Crippen molar-refractivity contribution < 1.29 is 24.4 Å². The maximum Gasteiger partial charge on any atom is 0.181 e. The van der Waals surface area contributed by atoms with Crippen molar-refractivity contribution in [1.29, 1.82) is 0 Å². The van der Waals surface area contributed by atoms with Gasteiger partial charge in [-0.2, -0.15) is 5.10 Å². The zero-order valence-corrected chi connectivity index (χ0v) is 14.1. The first-order valence-electron chi connectivity index (χ1n) is 8.37. The SMILES string of the molecule is OCC1OC(n2ncc3c(NCc4ccc(F)cc4)ncnc32)C(O)C1O. The van der Waals surface area contributed by atoms with E-state index in [1.54, 1.807) is 12.1 Å². The summed E-state index contributed by atoms with van der Waals surface area (Å²) >= 11 is 0. The standard InChI is InChI=1S/C17H18FN5O4/c18-10-3-1-9(2-4-10)5-19-15-11-6-22-23(16(11)21-8-20-15)17-14(26)13(25)12(7-24)27-17/h1-4,6,8,12-14,17,24-26H,5,7H2,(H,19,20,21). The van der Waals surface area contributed by atoms with E-state index in [2.05, 4.69) is 20.4 Å². The molecule has 4 atom stereocenters. The third kappa shape index (κ3) is 3.23. The van der Waals surface area contributed by atoms with Gasteiger partial charge in [-0.15, -0.1) is 0 Å². The smallest absolute Gasteiger partial charge is 0.181 e. The molecule has 142 valence electrons. The number of anilines is 1. The fraction of sp³-hybridized carbons (Fsp3) is 0.353. The number of benzene rings is 1. The first kappa shape index (κ1) is 17.7. The van der Waals surface area contributed by atoms with Gasteiger partial charge in [-0.05, 0) is 17.7 Å². The Morgan fingerprint density at radius 2 is 1.93 bits per heavy atom. The number of ether oxygens (including phenoxy) is 1. The summed E-state index contributed by atoms with van der Waals surface area (Å²) in [6.45, 7) is -0.00118. The van der Waals surface area contributed by atoms with E-state index in [4.69, 9.17) is 4.74 Å². The number of aromatic nitrogens is 4. The Labute approximate surface area is 153 Å². The van der Waals surface area contributed by atoms with Crippen LogP contribution in [0.25, 0.3) is 11.0 Å². The number of hydrogen-bond donors (Lipinski definition) is 4. The van der Waals surface area contributed by atoms with Gasteiger partial charge in [0.05, 0.1) is 18.2 Å². The van der Waals surface area contributed by atoms with Gasteiger partial charge in [-0.1, -0.05) is 12.1 Å². The summed E-state index contributed by atoms with van der Waals surface area (Å²) in [6, 6.07) is 6.10. The summed E-state index contributed by atoms with van der Waals surface area (Å²) in [5.41, 5.74) is 1.28. The molecule has 9 nitrogen and oxygen atoms in total. The van der Waals surface area contributed by atoms with Crippen molar-refractivity contribution >= 4 is 16.9 Å². The predicted octanol–water partition coefficient (Wildman–Crippen LogP) is 0.189. The molecule has 10 heteroatoms. The molecule has 1 aliphatic heterocycles. The van der Waals surface area contributed by atoms with Gasteiger partial charge in [0.1, 0.15) is 36.3 Å². The highest BCUT2D eigenvalue weighted by Gasteiger charge is 2.44. The summed E-state index contributed by atoms with van der Waals surface area (Å²) in [6.07, 6.45) is -1.49. The van der Waals surface area contributed by atoms with Gasteiger partial charge in [-0.3, -0.25) is 0 Å². The Bertz CT molecular complexity index is 935. The first-order valence-corrected chi connectivity index (χ1v) is 8.37. The van der Waals surface area contributed by atoms with E-state index >= 15 is 0 Å². The predicted molar refractivity (Wildman–Crippen MR) is 92.1 cm³/mol. The van der Waals surface area contributed by atoms with Gasteiger partial charge in [0.15, 0.2) is 11.9 Å². The molecule has 3 heterocycles. The molecule has 1 saturated heterocycles. The molecule has 0 spiro atoms. The number of nitrogens with zero attached hydrogens (tertiary/aromatic N) is 4. The maximum atomic E-state index is 13.0.